The fourth-order valence-electron chi connectivity index (χ4n) is 4.50. The van der Waals surface area contributed by atoms with Gasteiger partial charge < -0.3 is 19.8 Å². The molecule has 1 saturated heterocycles. The number of aryl methyl sites for hydroxylation is 1. The molecule has 1 aliphatic rings. The van der Waals surface area contributed by atoms with E-state index in [1.165, 1.54) is 0 Å². The molecule has 0 saturated carbocycles. The lowest BCUT2D eigenvalue weighted by Gasteiger charge is -2.09. The second kappa shape index (κ2) is 9.75. The Kier molecular flexibility index (Phi) is 6.13. The molecule has 3 N–H and O–H groups in total. The standard InChI is InChI=1S/C29H24N4O4S/c1-33-25-15-21(37-20-10-7-18-3-2-4-23(30)22(18)14-20)11-12-24(25)31-27(33)16-36-19-8-5-17(6-9-19)13-26-28(34)32-29(35)38-26/h2-12,14-15,26H,13,16,30H2,1H3,(H,32,34,35). The average molecular weight is 525 g/mol. The van der Waals surface area contributed by atoms with Crippen LogP contribution in [-0.4, -0.2) is 25.9 Å². The van der Waals surface area contributed by atoms with Crippen molar-refractivity contribution in [3.05, 3.63) is 90.3 Å². The van der Waals surface area contributed by atoms with Crippen molar-refractivity contribution in [2.24, 2.45) is 7.05 Å². The van der Waals surface area contributed by atoms with Gasteiger partial charge in [0.05, 0.1) is 16.3 Å². The summed E-state index contributed by atoms with van der Waals surface area (Å²) in [5.41, 5.74) is 9.58. The van der Waals surface area contributed by atoms with Gasteiger partial charge in [-0.25, -0.2) is 4.98 Å². The second-order valence-corrected chi connectivity index (χ2v) is 10.3. The van der Waals surface area contributed by atoms with E-state index in [4.69, 9.17) is 20.2 Å². The number of carbonyl (C=O) groups excluding carboxylic acids is 2. The monoisotopic (exact) mass is 524 g/mol. The van der Waals surface area contributed by atoms with E-state index in [1.807, 2.05) is 90.5 Å². The Morgan fingerprint density at radius 2 is 1.74 bits per heavy atom. The van der Waals surface area contributed by atoms with Gasteiger partial charge in [-0.3, -0.25) is 14.9 Å². The number of rotatable bonds is 7. The molecule has 5 aromatic rings. The molecule has 9 heteroatoms. The quantitative estimate of drug-likeness (QED) is 0.268. The van der Waals surface area contributed by atoms with Crippen LogP contribution in [0.2, 0.25) is 0 Å². The fraction of sp³-hybridized carbons (Fsp3) is 0.138. The van der Waals surface area contributed by atoms with E-state index in [-0.39, 0.29) is 16.4 Å². The van der Waals surface area contributed by atoms with Gasteiger partial charge in [-0.2, -0.15) is 0 Å². The zero-order valence-electron chi connectivity index (χ0n) is 20.5. The number of benzene rings is 4. The van der Waals surface area contributed by atoms with Crippen molar-refractivity contribution in [3.63, 3.8) is 0 Å². The Morgan fingerprint density at radius 1 is 0.974 bits per heavy atom. The number of fused-ring (bicyclic) bond motifs is 2. The molecule has 8 nitrogen and oxygen atoms in total. The van der Waals surface area contributed by atoms with E-state index in [1.54, 1.807) is 0 Å². The van der Waals surface area contributed by atoms with Crippen LogP contribution >= 0.6 is 11.8 Å². The Labute approximate surface area is 222 Å². The Morgan fingerprint density at radius 3 is 2.53 bits per heavy atom. The number of ether oxygens (including phenoxy) is 2. The smallest absolute Gasteiger partial charge is 0.286 e. The number of carbonyl (C=O) groups is 2. The number of thioether (sulfide) groups is 1. The van der Waals surface area contributed by atoms with Crippen LogP contribution in [0, 0.1) is 0 Å². The summed E-state index contributed by atoms with van der Waals surface area (Å²) in [4.78, 5) is 27.9. The van der Waals surface area contributed by atoms with Crippen LogP contribution in [0.25, 0.3) is 21.8 Å². The largest absolute Gasteiger partial charge is 0.486 e. The maximum Gasteiger partial charge on any atom is 0.286 e. The zero-order chi connectivity index (χ0) is 26.2. The number of nitrogens with two attached hydrogens (primary N) is 1. The lowest BCUT2D eigenvalue weighted by Crippen LogP contribution is -2.25. The molecule has 0 bridgehead atoms. The number of imidazole rings is 1. The van der Waals surface area contributed by atoms with E-state index >= 15 is 0 Å². The van der Waals surface area contributed by atoms with E-state index in [9.17, 15) is 9.59 Å². The molecule has 0 spiro atoms. The van der Waals surface area contributed by atoms with Crippen molar-refractivity contribution in [3.8, 4) is 17.2 Å². The molecule has 1 fully saturated rings. The third-order valence-electron chi connectivity index (χ3n) is 6.55. The van der Waals surface area contributed by atoms with Gasteiger partial charge in [-0.1, -0.05) is 42.1 Å². The van der Waals surface area contributed by atoms with Crippen molar-refractivity contribution in [2.45, 2.75) is 18.3 Å². The minimum atomic E-state index is -0.387. The summed E-state index contributed by atoms with van der Waals surface area (Å²) >= 11 is 1.03. The summed E-state index contributed by atoms with van der Waals surface area (Å²) in [7, 11) is 1.95. The number of hydrogen-bond acceptors (Lipinski definition) is 7. The lowest BCUT2D eigenvalue weighted by molar-refractivity contribution is -0.118. The molecule has 2 heterocycles. The Balaban J connectivity index is 1.13. The summed E-state index contributed by atoms with van der Waals surface area (Å²) in [6.45, 7) is 0.292. The van der Waals surface area contributed by atoms with Crippen LogP contribution in [0.15, 0.2) is 78.9 Å². The highest BCUT2D eigenvalue weighted by atomic mass is 32.2. The van der Waals surface area contributed by atoms with Gasteiger partial charge in [0.2, 0.25) is 5.91 Å². The molecular formula is C29H24N4O4S. The van der Waals surface area contributed by atoms with Crippen molar-refractivity contribution >= 4 is 50.4 Å². The van der Waals surface area contributed by atoms with Gasteiger partial charge in [-0.05, 0) is 59.8 Å². The van der Waals surface area contributed by atoms with Crippen molar-refractivity contribution in [2.75, 3.05) is 5.73 Å². The van der Waals surface area contributed by atoms with Gasteiger partial charge in [-0.15, -0.1) is 0 Å². The number of amides is 2. The van der Waals surface area contributed by atoms with E-state index in [2.05, 4.69) is 5.32 Å². The molecule has 1 aromatic heterocycles. The number of nitrogens with zero attached hydrogens (tertiary/aromatic N) is 2. The Bertz CT molecular complexity index is 1700. The van der Waals surface area contributed by atoms with E-state index in [0.717, 1.165) is 45.0 Å². The average Bonchev–Trinajstić information content (AvgIpc) is 3.40. The second-order valence-electron chi connectivity index (χ2n) is 9.09. The number of nitrogen functional groups attached to an aromatic ring is 1. The van der Waals surface area contributed by atoms with Gasteiger partial charge in [0, 0.05) is 24.2 Å². The van der Waals surface area contributed by atoms with Crippen molar-refractivity contribution in [1.82, 2.24) is 14.9 Å². The third kappa shape index (κ3) is 4.76. The minimum Gasteiger partial charge on any atom is -0.486 e. The van der Waals surface area contributed by atoms with Gasteiger partial charge in [0.1, 0.15) is 29.7 Å². The predicted octanol–water partition coefficient (Wildman–Crippen LogP) is 5.57. The van der Waals surface area contributed by atoms with Crippen molar-refractivity contribution in [1.29, 1.82) is 0 Å². The maximum absolute atomic E-state index is 11.8. The summed E-state index contributed by atoms with van der Waals surface area (Å²) in [5, 5.41) is 3.66. The van der Waals surface area contributed by atoms with Crippen LogP contribution in [-0.2, 0) is 24.9 Å². The van der Waals surface area contributed by atoms with Crippen LogP contribution in [0.1, 0.15) is 11.4 Å². The first-order valence-electron chi connectivity index (χ1n) is 12.1. The number of imide groups is 1. The molecule has 1 atom stereocenters. The number of anilines is 1. The molecule has 4 aromatic carbocycles. The van der Waals surface area contributed by atoms with Crippen LogP contribution in [0.4, 0.5) is 10.5 Å². The first-order chi connectivity index (χ1) is 18.4. The fourth-order valence-corrected chi connectivity index (χ4v) is 5.36. The SMILES string of the molecule is Cn1c(COc2ccc(CC3SC(=O)NC3=O)cc2)nc2ccc(Oc3ccc4cccc(N)c4c3)cc21. The molecule has 6 rings (SSSR count). The topological polar surface area (TPSA) is 108 Å². The normalized spacial score (nSPS) is 15.2. The predicted molar refractivity (Wildman–Crippen MR) is 149 cm³/mol. The molecule has 0 aliphatic carbocycles. The molecule has 2 amide bonds. The van der Waals surface area contributed by atoms with Gasteiger partial charge in [0.15, 0.2) is 0 Å². The number of aromatic nitrogens is 2. The van der Waals surface area contributed by atoms with Crippen molar-refractivity contribution < 1.29 is 19.1 Å². The Hall–Kier alpha value is -4.50. The lowest BCUT2D eigenvalue weighted by atomic mass is 10.1. The minimum absolute atomic E-state index is 0.238. The molecule has 38 heavy (non-hydrogen) atoms. The first kappa shape index (κ1) is 23.9. The van der Waals surface area contributed by atoms with Crippen LogP contribution in [0.3, 0.4) is 0 Å². The summed E-state index contributed by atoms with van der Waals surface area (Å²) in [5.74, 6) is 2.64. The maximum atomic E-state index is 11.8. The summed E-state index contributed by atoms with van der Waals surface area (Å²) in [6.07, 6.45) is 0.490. The number of hydrogen-bond donors (Lipinski definition) is 2. The zero-order valence-corrected chi connectivity index (χ0v) is 21.3. The summed E-state index contributed by atoms with van der Waals surface area (Å²) in [6, 6.07) is 25.0. The van der Waals surface area contributed by atoms with Crippen LogP contribution in [0.5, 0.6) is 17.2 Å². The molecular weight excluding hydrogens is 500 g/mol. The molecule has 190 valence electrons. The van der Waals surface area contributed by atoms with Crippen LogP contribution < -0.4 is 20.5 Å². The van der Waals surface area contributed by atoms with Gasteiger partial charge >= 0.3 is 0 Å². The van der Waals surface area contributed by atoms with Gasteiger partial charge in [0.25, 0.3) is 5.24 Å². The summed E-state index contributed by atoms with van der Waals surface area (Å²) < 4.78 is 14.1. The first-order valence-corrected chi connectivity index (χ1v) is 13.0. The third-order valence-corrected chi connectivity index (χ3v) is 7.53. The highest BCUT2D eigenvalue weighted by Gasteiger charge is 2.31. The van der Waals surface area contributed by atoms with E-state index in [0.29, 0.717) is 36.0 Å². The highest BCUT2D eigenvalue weighted by Crippen LogP contribution is 2.31. The number of nitrogens with one attached hydrogen (secondary N) is 1. The molecule has 1 unspecified atom stereocenters. The highest BCUT2D eigenvalue weighted by molar-refractivity contribution is 8.15. The molecule has 0 radical (unpaired) electrons. The molecule has 1 aliphatic heterocycles. The van der Waals surface area contributed by atoms with E-state index < -0.39 is 0 Å².